The summed E-state index contributed by atoms with van der Waals surface area (Å²) in [7, 11) is -4.03. The third kappa shape index (κ3) is 2.90. The topological polar surface area (TPSA) is 99.3 Å². The van der Waals surface area contributed by atoms with Crippen LogP contribution in [0.3, 0.4) is 0 Å². The second-order valence-corrected chi connectivity index (χ2v) is 6.18. The molecule has 1 aromatic heterocycles. The van der Waals surface area contributed by atoms with Crippen LogP contribution in [0.2, 0.25) is 10.0 Å². The number of aromatic carboxylic acids is 1. The summed E-state index contributed by atoms with van der Waals surface area (Å²) < 4.78 is 26.5. The first-order valence-electron chi connectivity index (χ1n) is 5.20. The van der Waals surface area contributed by atoms with Gasteiger partial charge in [-0.2, -0.15) is 0 Å². The molecule has 2 aromatic rings. The summed E-state index contributed by atoms with van der Waals surface area (Å²) in [6, 6.07) is 6.81. The number of hydrogen-bond acceptors (Lipinski definition) is 3. The van der Waals surface area contributed by atoms with Crippen molar-refractivity contribution in [2.75, 3.05) is 4.72 Å². The third-order valence-corrected chi connectivity index (χ3v) is 4.67. The van der Waals surface area contributed by atoms with E-state index in [9.17, 15) is 13.2 Å². The van der Waals surface area contributed by atoms with Crippen molar-refractivity contribution in [3.8, 4) is 0 Å². The number of H-pyrrole nitrogens is 1. The number of benzene rings is 1. The zero-order valence-corrected chi connectivity index (χ0v) is 12.1. The summed E-state index contributed by atoms with van der Waals surface area (Å²) >= 11 is 11.7. The maximum atomic E-state index is 12.2. The predicted molar refractivity (Wildman–Crippen MR) is 75.0 cm³/mol. The fourth-order valence-corrected chi connectivity index (χ4v) is 3.68. The van der Waals surface area contributed by atoms with E-state index in [2.05, 4.69) is 9.71 Å². The Hall–Kier alpha value is -1.70. The number of hydrogen-bond donors (Lipinski definition) is 3. The molecular weight excluding hydrogens is 327 g/mol. The Labute approximate surface area is 124 Å². The molecule has 0 bridgehead atoms. The summed E-state index contributed by atoms with van der Waals surface area (Å²) in [5.41, 5.74) is -0.145. The molecule has 106 valence electrons. The van der Waals surface area contributed by atoms with Crippen LogP contribution in [0.1, 0.15) is 10.5 Å². The molecular formula is C11H8Cl2N2O4S. The zero-order chi connectivity index (χ0) is 14.9. The molecule has 0 aliphatic heterocycles. The number of nitrogens with one attached hydrogen (secondary N) is 2. The maximum Gasteiger partial charge on any atom is 0.352 e. The quantitative estimate of drug-likeness (QED) is 0.800. The van der Waals surface area contributed by atoms with Gasteiger partial charge in [0.15, 0.2) is 0 Å². The van der Waals surface area contributed by atoms with E-state index in [1.165, 1.54) is 30.3 Å². The fraction of sp³-hybridized carbons (Fsp3) is 0. The van der Waals surface area contributed by atoms with Crippen molar-refractivity contribution in [1.29, 1.82) is 0 Å². The average Bonchev–Trinajstić information content (AvgIpc) is 2.76. The number of sulfonamides is 1. The number of carbonyl (C=O) groups is 1. The van der Waals surface area contributed by atoms with Gasteiger partial charge < -0.3 is 10.1 Å². The van der Waals surface area contributed by atoms with Gasteiger partial charge in [-0.25, -0.2) is 13.2 Å². The minimum Gasteiger partial charge on any atom is -0.477 e. The second kappa shape index (κ2) is 5.35. The molecule has 9 heteroatoms. The SMILES string of the molecule is O=C(O)c1ccc(NS(=O)(=O)c2c(Cl)cccc2Cl)[nH]1. The molecule has 0 amide bonds. The molecule has 1 heterocycles. The molecule has 20 heavy (non-hydrogen) atoms. The minimum absolute atomic E-state index is 0.00149. The molecule has 3 N–H and O–H groups in total. The molecule has 0 unspecified atom stereocenters. The number of anilines is 1. The van der Waals surface area contributed by atoms with E-state index in [-0.39, 0.29) is 26.5 Å². The van der Waals surface area contributed by atoms with Gasteiger partial charge in [-0.3, -0.25) is 4.72 Å². The zero-order valence-electron chi connectivity index (χ0n) is 9.72. The van der Waals surface area contributed by atoms with Gasteiger partial charge in [0.2, 0.25) is 0 Å². The predicted octanol–water partition coefficient (Wildman–Crippen LogP) is 2.82. The number of carboxylic acid groups (broad SMARTS) is 1. The Balaban J connectivity index is 2.38. The van der Waals surface area contributed by atoms with Gasteiger partial charge >= 0.3 is 5.97 Å². The normalized spacial score (nSPS) is 11.3. The largest absolute Gasteiger partial charge is 0.477 e. The lowest BCUT2D eigenvalue weighted by molar-refractivity contribution is 0.0691. The van der Waals surface area contributed by atoms with E-state index in [0.29, 0.717) is 0 Å². The van der Waals surface area contributed by atoms with Crippen LogP contribution in [0.4, 0.5) is 5.82 Å². The number of aromatic amines is 1. The smallest absolute Gasteiger partial charge is 0.352 e. The first-order chi connectivity index (χ1) is 9.31. The molecule has 0 saturated carbocycles. The van der Waals surface area contributed by atoms with Crippen LogP contribution in [0.25, 0.3) is 0 Å². The summed E-state index contributed by atoms with van der Waals surface area (Å²) in [6.45, 7) is 0. The lowest BCUT2D eigenvalue weighted by Crippen LogP contribution is -2.14. The van der Waals surface area contributed by atoms with Crippen molar-refractivity contribution in [3.63, 3.8) is 0 Å². The summed E-state index contributed by atoms with van der Waals surface area (Å²) in [5.74, 6) is -1.20. The standard InChI is InChI=1S/C11H8Cl2N2O4S/c12-6-2-1-3-7(13)10(6)20(18,19)15-9-5-4-8(14-9)11(16)17/h1-5,14-15H,(H,16,17). The summed E-state index contributed by atoms with van der Waals surface area (Å²) in [6.07, 6.45) is 0. The van der Waals surface area contributed by atoms with Crippen LogP contribution in [0, 0.1) is 0 Å². The number of halogens is 2. The third-order valence-electron chi connectivity index (χ3n) is 2.35. The van der Waals surface area contributed by atoms with Gasteiger partial charge in [0, 0.05) is 0 Å². The maximum absolute atomic E-state index is 12.2. The Morgan fingerprint density at radius 2 is 1.75 bits per heavy atom. The Kier molecular flexibility index (Phi) is 3.94. The minimum atomic E-state index is -4.03. The van der Waals surface area contributed by atoms with Crippen LogP contribution < -0.4 is 4.72 Å². The van der Waals surface area contributed by atoms with E-state index >= 15 is 0 Å². The monoisotopic (exact) mass is 334 g/mol. The van der Waals surface area contributed by atoms with Gasteiger partial charge in [0.05, 0.1) is 10.0 Å². The van der Waals surface area contributed by atoms with Crippen molar-refractivity contribution in [2.45, 2.75) is 4.90 Å². The van der Waals surface area contributed by atoms with Crippen LogP contribution in [0.5, 0.6) is 0 Å². The highest BCUT2D eigenvalue weighted by atomic mass is 35.5. The number of rotatable bonds is 4. The van der Waals surface area contributed by atoms with Gasteiger partial charge in [0.25, 0.3) is 10.0 Å². The molecule has 2 rings (SSSR count). The van der Waals surface area contributed by atoms with Crippen molar-refractivity contribution in [1.82, 2.24) is 4.98 Å². The molecule has 1 aromatic carbocycles. The van der Waals surface area contributed by atoms with Crippen molar-refractivity contribution >= 4 is 45.0 Å². The molecule has 6 nitrogen and oxygen atoms in total. The molecule has 0 saturated heterocycles. The molecule has 0 aliphatic rings. The van der Waals surface area contributed by atoms with Crippen LogP contribution >= 0.6 is 23.2 Å². The van der Waals surface area contributed by atoms with E-state index in [1.807, 2.05) is 0 Å². The number of aromatic nitrogens is 1. The van der Waals surface area contributed by atoms with Crippen molar-refractivity contribution in [3.05, 3.63) is 46.1 Å². The fourth-order valence-electron chi connectivity index (χ4n) is 1.51. The van der Waals surface area contributed by atoms with Crippen molar-refractivity contribution < 1.29 is 18.3 Å². The Morgan fingerprint density at radius 3 is 2.25 bits per heavy atom. The van der Waals surface area contributed by atoms with Gasteiger partial charge in [-0.05, 0) is 24.3 Å². The molecule has 0 aliphatic carbocycles. The Morgan fingerprint density at radius 1 is 1.15 bits per heavy atom. The van der Waals surface area contributed by atoms with E-state index in [0.717, 1.165) is 0 Å². The van der Waals surface area contributed by atoms with Crippen LogP contribution in [0.15, 0.2) is 35.2 Å². The summed E-state index contributed by atoms with van der Waals surface area (Å²) in [5, 5.41) is 8.69. The van der Waals surface area contributed by atoms with Crippen LogP contribution in [-0.2, 0) is 10.0 Å². The van der Waals surface area contributed by atoms with Gasteiger partial charge in [-0.1, -0.05) is 29.3 Å². The lowest BCUT2D eigenvalue weighted by atomic mass is 10.4. The van der Waals surface area contributed by atoms with E-state index in [1.54, 1.807) is 0 Å². The van der Waals surface area contributed by atoms with Crippen LogP contribution in [-0.4, -0.2) is 24.5 Å². The number of carboxylic acids is 1. The first kappa shape index (κ1) is 14.7. The van der Waals surface area contributed by atoms with E-state index < -0.39 is 16.0 Å². The molecule has 0 fully saturated rings. The Bertz CT molecular complexity index is 750. The lowest BCUT2D eigenvalue weighted by Gasteiger charge is -2.09. The highest BCUT2D eigenvalue weighted by Crippen LogP contribution is 2.30. The first-order valence-corrected chi connectivity index (χ1v) is 7.44. The van der Waals surface area contributed by atoms with E-state index in [4.69, 9.17) is 28.3 Å². The summed E-state index contributed by atoms with van der Waals surface area (Å²) in [4.78, 5) is 12.8. The highest BCUT2D eigenvalue weighted by Gasteiger charge is 2.22. The molecule has 0 radical (unpaired) electrons. The molecule has 0 atom stereocenters. The molecule has 0 spiro atoms. The van der Waals surface area contributed by atoms with Gasteiger partial charge in [0.1, 0.15) is 16.4 Å². The second-order valence-electron chi connectivity index (χ2n) is 3.75. The van der Waals surface area contributed by atoms with Crippen molar-refractivity contribution in [2.24, 2.45) is 0 Å². The van der Waals surface area contributed by atoms with Gasteiger partial charge in [-0.15, -0.1) is 0 Å². The highest BCUT2D eigenvalue weighted by molar-refractivity contribution is 7.93. The average molecular weight is 335 g/mol.